The monoisotopic (exact) mass is 356 g/mol. The zero-order chi connectivity index (χ0) is 18.9. The van der Waals surface area contributed by atoms with Crippen LogP contribution in [0.3, 0.4) is 0 Å². The molecule has 2 heterocycles. The third-order valence-electron chi connectivity index (χ3n) is 4.18. The van der Waals surface area contributed by atoms with Crippen LogP contribution < -0.4 is 5.32 Å². The number of amides is 2. The van der Waals surface area contributed by atoms with Gasteiger partial charge in [-0.05, 0) is 31.4 Å². The van der Waals surface area contributed by atoms with Crippen LogP contribution in [0.2, 0.25) is 0 Å². The number of pyridine rings is 1. The molecule has 2 aromatic rings. The maximum atomic E-state index is 12.4. The fourth-order valence-corrected chi connectivity index (χ4v) is 2.85. The lowest BCUT2D eigenvalue weighted by molar-refractivity contribution is -0.129. The van der Waals surface area contributed by atoms with Crippen molar-refractivity contribution in [3.63, 3.8) is 0 Å². The fourth-order valence-electron chi connectivity index (χ4n) is 2.85. The van der Waals surface area contributed by atoms with E-state index in [9.17, 15) is 9.59 Å². The van der Waals surface area contributed by atoms with E-state index in [4.69, 9.17) is 5.02 Å². The largest absolute Gasteiger partial charge is 0.484 e. The number of likely N-dealkylation sites (tertiary alicyclic amines) is 1. The van der Waals surface area contributed by atoms with E-state index in [0.29, 0.717) is 13.2 Å². The topological polar surface area (TPSA) is 91.8 Å². The highest BCUT2D eigenvalue weighted by Gasteiger charge is 2.19. The van der Waals surface area contributed by atoms with Gasteiger partial charge in [-0.1, -0.05) is 18.2 Å². The summed E-state index contributed by atoms with van der Waals surface area (Å²) in [5, 5.41) is 11.1. The molecule has 3 rings (SSSR count). The highest BCUT2D eigenvalue weighted by atomic mass is 16.5. The van der Waals surface area contributed by atoms with E-state index in [1.54, 1.807) is 17.2 Å². The second-order valence-corrected chi connectivity index (χ2v) is 5.94. The Morgan fingerprint density at radius 3 is 2.65 bits per heavy atom. The molecule has 0 unspecified atom stereocenters. The molecule has 1 aliphatic heterocycles. The molecule has 26 heavy (non-hydrogen) atoms. The van der Waals surface area contributed by atoms with Crippen molar-refractivity contribution in [1.82, 2.24) is 15.2 Å². The van der Waals surface area contributed by atoms with Gasteiger partial charge in [-0.15, -0.1) is 0 Å². The van der Waals surface area contributed by atoms with Gasteiger partial charge in [0.15, 0.2) is 0 Å². The predicted octanol–water partition coefficient (Wildman–Crippen LogP) is 1.05. The standard InChI is InChI=1S/C17H19N3O2.CH4BO2/c1-12-5-4-6-13-14(7-8-18-16(12)13)17(22)19-11-15(21)20-9-2-3-10-20;1-4-2-3/h4-8H,2-3,9-11H2,1H3,(H,19,22);3H,1H3. The van der Waals surface area contributed by atoms with Crippen molar-refractivity contribution < 1.29 is 19.3 Å². The number of para-hydroxylation sites is 1. The maximum absolute atomic E-state index is 12.4. The Balaban J connectivity index is 0.000000552. The molecule has 1 radical (unpaired) electrons. The first-order valence-electron chi connectivity index (χ1n) is 8.47. The molecule has 1 aromatic carbocycles. The molecule has 1 saturated heterocycles. The first-order valence-corrected chi connectivity index (χ1v) is 8.47. The third kappa shape index (κ3) is 5.03. The van der Waals surface area contributed by atoms with E-state index in [0.717, 1.165) is 42.4 Å². The summed E-state index contributed by atoms with van der Waals surface area (Å²) in [4.78, 5) is 30.5. The third-order valence-corrected chi connectivity index (χ3v) is 4.18. The number of carbonyl (C=O) groups is 2. The number of nitrogens with one attached hydrogen (secondary N) is 1. The highest BCUT2D eigenvalue weighted by molar-refractivity contribution is 6.15. The Morgan fingerprint density at radius 1 is 1.31 bits per heavy atom. The Hall–Kier alpha value is -2.45. The summed E-state index contributed by atoms with van der Waals surface area (Å²) in [6.45, 7) is 3.61. The predicted molar refractivity (Wildman–Crippen MR) is 99.6 cm³/mol. The Kier molecular flexibility index (Phi) is 7.56. The van der Waals surface area contributed by atoms with E-state index < -0.39 is 0 Å². The molecule has 2 N–H and O–H groups in total. The molecule has 0 saturated carbocycles. The molecule has 1 fully saturated rings. The number of hydrogen-bond acceptors (Lipinski definition) is 5. The molecular formula is C18H23BN3O4. The van der Waals surface area contributed by atoms with E-state index >= 15 is 0 Å². The molecule has 7 nitrogen and oxygen atoms in total. The Morgan fingerprint density at radius 2 is 2.00 bits per heavy atom. The molecule has 0 atom stereocenters. The van der Waals surface area contributed by atoms with Crippen molar-refractivity contribution in [1.29, 1.82) is 0 Å². The number of benzene rings is 1. The summed E-state index contributed by atoms with van der Waals surface area (Å²) in [7, 11) is 2.00. The SMILES string of the molecule is CO[B]O.Cc1cccc2c(C(=O)NCC(=O)N3CCCC3)ccnc12. The summed E-state index contributed by atoms with van der Waals surface area (Å²) in [6, 6.07) is 7.45. The summed E-state index contributed by atoms with van der Waals surface area (Å²) >= 11 is 0. The van der Waals surface area contributed by atoms with E-state index in [1.165, 1.54) is 7.11 Å². The first-order chi connectivity index (χ1) is 12.6. The van der Waals surface area contributed by atoms with Gasteiger partial charge in [-0.25, -0.2) is 0 Å². The average molecular weight is 356 g/mol. The van der Waals surface area contributed by atoms with Crippen LogP contribution in [0.4, 0.5) is 0 Å². The number of rotatable bonds is 4. The lowest BCUT2D eigenvalue weighted by Crippen LogP contribution is -2.38. The van der Waals surface area contributed by atoms with Crippen LogP contribution in [0.1, 0.15) is 28.8 Å². The average Bonchev–Trinajstić information content (AvgIpc) is 3.21. The molecular weight excluding hydrogens is 333 g/mol. The van der Waals surface area contributed by atoms with Crippen molar-refractivity contribution >= 4 is 30.4 Å². The molecule has 0 aliphatic carbocycles. The van der Waals surface area contributed by atoms with Crippen LogP contribution in [-0.2, 0) is 9.45 Å². The van der Waals surface area contributed by atoms with Crippen molar-refractivity contribution in [3.05, 3.63) is 41.6 Å². The van der Waals surface area contributed by atoms with Crippen molar-refractivity contribution in [2.24, 2.45) is 0 Å². The summed E-state index contributed by atoms with van der Waals surface area (Å²) in [6.07, 6.45) is 3.73. The highest BCUT2D eigenvalue weighted by Crippen LogP contribution is 2.19. The van der Waals surface area contributed by atoms with Gasteiger partial charge in [-0.2, -0.15) is 0 Å². The minimum absolute atomic E-state index is 0.0135. The van der Waals surface area contributed by atoms with Gasteiger partial charge in [0, 0.05) is 31.8 Å². The van der Waals surface area contributed by atoms with Crippen LogP contribution in [0, 0.1) is 6.92 Å². The quantitative estimate of drug-likeness (QED) is 0.800. The zero-order valence-electron chi connectivity index (χ0n) is 15.1. The minimum atomic E-state index is -0.231. The van der Waals surface area contributed by atoms with Gasteiger partial charge in [0.2, 0.25) is 5.91 Å². The number of aryl methyl sites for hydroxylation is 1. The van der Waals surface area contributed by atoms with Crippen molar-refractivity contribution in [2.45, 2.75) is 19.8 Å². The molecule has 0 spiro atoms. The van der Waals surface area contributed by atoms with Gasteiger partial charge < -0.3 is 19.9 Å². The lowest BCUT2D eigenvalue weighted by Gasteiger charge is -2.15. The van der Waals surface area contributed by atoms with Gasteiger partial charge >= 0.3 is 7.69 Å². The molecule has 137 valence electrons. The van der Waals surface area contributed by atoms with Gasteiger partial charge in [0.05, 0.1) is 17.6 Å². The summed E-state index contributed by atoms with van der Waals surface area (Å²) in [5.41, 5.74) is 2.41. The summed E-state index contributed by atoms with van der Waals surface area (Å²) < 4.78 is 3.97. The van der Waals surface area contributed by atoms with E-state index in [1.807, 2.05) is 25.1 Å². The van der Waals surface area contributed by atoms with Crippen molar-refractivity contribution in [2.75, 3.05) is 26.7 Å². The number of aromatic nitrogens is 1. The molecule has 2 amide bonds. The van der Waals surface area contributed by atoms with Gasteiger partial charge in [0.25, 0.3) is 5.91 Å². The van der Waals surface area contributed by atoms with Crippen LogP contribution >= 0.6 is 0 Å². The zero-order valence-corrected chi connectivity index (χ0v) is 15.1. The smallest absolute Gasteiger partial charge is 0.429 e. The molecule has 8 heteroatoms. The second-order valence-electron chi connectivity index (χ2n) is 5.94. The minimum Gasteiger partial charge on any atom is -0.429 e. The van der Waals surface area contributed by atoms with E-state index in [2.05, 4.69) is 15.0 Å². The van der Waals surface area contributed by atoms with E-state index in [-0.39, 0.29) is 18.4 Å². The van der Waals surface area contributed by atoms with Crippen molar-refractivity contribution in [3.8, 4) is 0 Å². The number of fused-ring (bicyclic) bond motifs is 1. The Labute approximate surface area is 153 Å². The number of hydrogen-bond donors (Lipinski definition) is 2. The molecule has 1 aromatic heterocycles. The first kappa shape index (κ1) is 19.9. The van der Waals surface area contributed by atoms with Gasteiger partial charge in [0.1, 0.15) is 0 Å². The van der Waals surface area contributed by atoms with Gasteiger partial charge in [-0.3, -0.25) is 14.6 Å². The van der Waals surface area contributed by atoms with Crippen LogP contribution in [0.5, 0.6) is 0 Å². The summed E-state index contributed by atoms with van der Waals surface area (Å²) in [5.74, 6) is -0.245. The molecule has 0 bridgehead atoms. The molecule has 1 aliphatic rings. The fraction of sp³-hybridized carbons (Fsp3) is 0.389. The number of nitrogens with zero attached hydrogens (tertiary/aromatic N) is 2. The maximum Gasteiger partial charge on any atom is 0.484 e. The Bertz CT molecular complexity index is 761. The normalized spacial score (nSPS) is 13.1. The van der Waals surface area contributed by atoms with Crippen LogP contribution in [0.15, 0.2) is 30.5 Å². The number of carbonyl (C=O) groups excluding carboxylic acids is 2. The van der Waals surface area contributed by atoms with Crippen LogP contribution in [-0.4, -0.2) is 61.2 Å². The second kappa shape index (κ2) is 9.89. The lowest BCUT2D eigenvalue weighted by atomic mass is 10.1. The van der Waals surface area contributed by atoms with Crippen LogP contribution in [0.25, 0.3) is 10.9 Å².